The van der Waals surface area contributed by atoms with Crippen molar-refractivity contribution < 1.29 is 8.42 Å². The minimum absolute atomic E-state index is 0.102. The van der Waals surface area contributed by atoms with Gasteiger partial charge in [-0.1, -0.05) is 12.1 Å². The average Bonchev–Trinajstić information content (AvgIpc) is 2.69. The van der Waals surface area contributed by atoms with Crippen molar-refractivity contribution in [1.29, 1.82) is 0 Å². The minimum atomic E-state index is -3.45. The molecule has 88 valence electrons. The Labute approximate surface area is 100 Å². The van der Waals surface area contributed by atoms with Gasteiger partial charge in [0.15, 0.2) is 0 Å². The van der Waals surface area contributed by atoms with Crippen LogP contribution in [0.5, 0.6) is 0 Å². The van der Waals surface area contributed by atoms with Gasteiger partial charge in [0.2, 0.25) is 9.05 Å². The highest BCUT2D eigenvalue weighted by atomic mass is 35.7. The maximum absolute atomic E-state index is 10.9. The molecule has 3 nitrogen and oxygen atoms in total. The number of benzene rings is 1. The molecule has 0 aromatic heterocycles. The summed E-state index contributed by atoms with van der Waals surface area (Å²) in [6, 6.07) is 7.58. The van der Waals surface area contributed by atoms with E-state index in [-0.39, 0.29) is 5.75 Å². The molecule has 0 amide bonds. The lowest BCUT2D eigenvalue weighted by Gasteiger charge is -2.17. The summed E-state index contributed by atoms with van der Waals surface area (Å²) >= 11 is 0. The van der Waals surface area contributed by atoms with Gasteiger partial charge >= 0.3 is 0 Å². The molecule has 0 radical (unpaired) electrons. The topological polar surface area (TPSA) is 37.4 Å². The maximum atomic E-state index is 10.9. The van der Waals surface area contributed by atoms with Crippen LogP contribution in [0, 0.1) is 0 Å². The van der Waals surface area contributed by atoms with Crippen LogP contribution >= 0.6 is 10.7 Å². The molecule has 0 atom stereocenters. The molecule has 0 spiro atoms. The van der Waals surface area contributed by atoms with Crippen molar-refractivity contribution in [2.75, 3.05) is 18.0 Å². The van der Waals surface area contributed by atoms with Crippen LogP contribution in [0.3, 0.4) is 0 Å². The second-order valence-corrected chi connectivity index (χ2v) is 6.82. The van der Waals surface area contributed by atoms with Crippen molar-refractivity contribution in [3.05, 3.63) is 29.8 Å². The molecule has 16 heavy (non-hydrogen) atoms. The van der Waals surface area contributed by atoms with E-state index >= 15 is 0 Å². The molecule has 1 fully saturated rings. The third kappa shape index (κ3) is 3.12. The van der Waals surface area contributed by atoms with Crippen molar-refractivity contribution in [3.63, 3.8) is 0 Å². The van der Waals surface area contributed by atoms with Gasteiger partial charge in [-0.15, -0.1) is 0 Å². The summed E-state index contributed by atoms with van der Waals surface area (Å²) in [6.07, 6.45) is 2.47. The average molecular weight is 260 g/mol. The molecule has 1 aliphatic rings. The van der Waals surface area contributed by atoms with Gasteiger partial charge < -0.3 is 4.90 Å². The van der Waals surface area contributed by atoms with Crippen LogP contribution in [0.4, 0.5) is 5.69 Å². The van der Waals surface area contributed by atoms with E-state index in [1.54, 1.807) is 0 Å². The monoisotopic (exact) mass is 259 g/mol. The van der Waals surface area contributed by atoms with E-state index in [1.807, 2.05) is 24.3 Å². The molecule has 0 aliphatic carbocycles. The SMILES string of the molecule is O=S(=O)(Cl)Cc1ccc(N2CCCC2)cc1. The van der Waals surface area contributed by atoms with Gasteiger partial charge in [0, 0.05) is 29.5 Å². The lowest BCUT2D eigenvalue weighted by molar-refractivity contribution is 0.609. The fraction of sp³-hybridized carbons (Fsp3) is 0.455. The first-order valence-electron chi connectivity index (χ1n) is 5.31. The van der Waals surface area contributed by atoms with Gasteiger partial charge in [0.1, 0.15) is 0 Å². The molecule has 5 heteroatoms. The first-order chi connectivity index (χ1) is 7.54. The van der Waals surface area contributed by atoms with Crippen LogP contribution in [-0.4, -0.2) is 21.5 Å². The number of halogens is 1. The van der Waals surface area contributed by atoms with Crippen molar-refractivity contribution in [1.82, 2.24) is 0 Å². The quantitative estimate of drug-likeness (QED) is 0.782. The maximum Gasteiger partial charge on any atom is 0.236 e. The summed E-state index contributed by atoms with van der Waals surface area (Å²) in [5.41, 5.74) is 1.89. The Hall–Kier alpha value is -0.740. The molecule has 0 saturated carbocycles. The van der Waals surface area contributed by atoms with E-state index in [0.717, 1.165) is 24.3 Å². The molecule has 0 N–H and O–H groups in total. The lowest BCUT2D eigenvalue weighted by Crippen LogP contribution is -2.17. The van der Waals surface area contributed by atoms with Gasteiger partial charge in [-0.3, -0.25) is 0 Å². The van der Waals surface area contributed by atoms with E-state index < -0.39 is 9.05 Å². The summed E-state index contributed by atoms with van der Waals surface area (Å²) in [6.45, 7) is 2.18. The summed E-state index contributed by atoms with van der Waals surface area (Å²) in [4.78, 5) is 2.30. The lowest BCUT2D eigenvalue weighted by atomic mass is 10.2. The van der Waals surface area contributed by atoms with Crippen LogP contribution in [0.1, 0.15) is 18.4 Å². The van der Waals surface area contributed by atoms with Gasteiger partial charge in [-0.2, -0.15) is 0 Å². The van der Waals surface area contributed by atoms with Crippen molar-refractivity contribution in [2.24, 2.45) is 0 Å². The fourth-order valence-electron chi connectivity index (χ4n) is 1.98. The highest BCUT2D eigenvalue weighted by molar-refractivity contribution is 8.13. The summed E-state index contributed by atoms with van der Waals surface area (Å²) < 4.78 is 21.8. The smallest absolute Gasteiger partial charge is 0.236 e. The zero-order chi connectivity index (χ0) is 11.6. The number of hydrogen-bond donors (Lipinski definition) is 0. The summed E-state index contributed by atoms with van der Waals surface area (Å²) in [5, 5.41) is 0. The molecule has 1 aliphatic heterocycles. The Morgan fingerprint density at radius 3 is 2.19 bits per heavy atom. The largest absolute Gasteiger partial charge is 0.372 e. The van der Waals surface area contributed by atoms with Crippen LogP contribution in [0.25, 0.3) is 0 Å². The van der Waals surface area contributed by atoms with Crippen molar-refractivity contribution >= 4 is 25.4 Å². The molecule has 1 aromatic carbocycles. The molecular weight excluding hydrogens is 246 g/mol. The zero-order valence-electron chi connectivity index (χ0n) is 8.89. The number of nitrogens with zero attached hydrogens (tertiary/aromatic N) is 1. The first-order valence-corrected chi connectivity index (χ1v) is 7.79. The third-order valence-electron chi connectivity index (χ3n) is 2.75. The van der Waals surface area contributed by atoms with Crippen molar-refractivity contribution in [2.45, 2.75) is 18.6 Å². The third-order valence-corrected chi connectivity index (χ3v) is 3.75. The predicted molar refractivity (Wildman–Crippen MR) is 66.4 cm³/mol. The van der Waals surface area contributed by atoms with Gasteiger partial charge in [-0.05, 0) is 30.5 Å². The Kier molecular flexibility index (Phi) is 3.40. The standard InChI is InChI=1S/C11H14ClNO2S/c12-16(14,15)9-10-3-5-11(6-4-10)13-7-1-2-8-13/h3-6H,1-2,7-9H2. The highest BCUT2D eigenvalue weighted by Crippen LogP contribution is 2.21. The van der Waals surface area contributed by atoms with Crippen LogP contribution in [0.2, 0.25) is 0 Å². The van der Waals surface area contributed by atoms with Crippen LogP contribution < -0.4 is 4.90 Å². The first kappa shape index (κ1) is 11.7. The van der Waals surface area contributed by atoms with Gasteiger partial charge in [0.05, 0.1) is 5.75 Å². The Morgan fingerprint density at radius 2 is 1.69 bits per heavy atom. The second-order valence-electron chi connectivity index (χ2n) is 4.04. The molecule has 1 aromatic rings. The highest BCUT2D eigenvalue weighted by Gasteiger charge is 2.12. The Morgan fingerprint density at radius 1 is 1.12 bits per heavy atom. The molecular formula is C11H14ClNO2S. The number of anilines is 1. The molecule has 0 bridgehead atoms. The Balaban J connectivity index is 2.10. The zero-order valence-corrected chi connectivity index (χ0v) is 10.5. The second kappa shape index (κ2) is 4.63. The van der Waals surface area contributed by atoms with Crippen LogP contribution in [-0.2, 0) is 14.8 Å². The fourth-order valence-corrected chi connectivity index (χ4v) is 2.95. The predicted octanol–water partition coefficient (Wildman–Crippen LogP) is 2.36. The van der Waals surface area contributed by atoms with Crippen LogP contribution in [0.15, 0.2) is 24.3 Å². The van der Waals surface area contributed by atoms with E-state index in [4.69, 9.17) is 10.7 Å². The molecule has 0 unspecified atom stereocenters. The van der Waals surface area contributed by atoms with E-state index in [1.165, 1.54) is 12.8 Å². The molecule has 2 rings (SSSR count). The van der Waals surface area contributed by atoms with E-state index in [9.17, 15) is 8.42 Å². The minimum Gasteiger partial charge on any atom is -0.372 e. The number of rotatable bonds is 3. The number of hydrogen-bond acceptors (Lipinski definition) is 3. The summed E-state index contributed by atoms with van der Waals surface area (Å²) in [5.74, 6) is -0.102. The Bertz CT molecular complexity index is 449. The van der Waals surface area contributed by atoms with E-state index in [2.05, 4.69) is 4.90 Å². The molecule has 1 heterocycles. The normalized spacial score (nSPS) is 16.7. The van der Waals surface area contributed by atoms with Gasteiger partial charge in [0.25, 0.3) is 0 Å². The van der Waals surface area contributed by atoms with Gasteiger partial charge in [-0.25, -0.2) is 8.42 Å². The van der Waals surface area contributed by atoms with Crippen molar-refractivity contribution in [3.8, 4) is 0 Å². The molecule has 1 saturated heterocycles. The summed E-state index contributed by atoms with van der Waals surface area (Å²) in [7, 11) is 1.75. The van der Waals surface area contributed by atoms with E-state index in [0.29, 0.717) is 0 Å².